The van der Waals surface area contributed by atoms with Crippen LogP contribution in [0.3, 0.4) is 0 Å². The van der Waals surface area contributed by atoms with E-state index in [1.54, 1.807) is 39.7 Å². The topological polar surface area (TPSA) is 116 Å². The first kappa shape index (κ1) is 20.6. The van der Waals surface area contributed by atoms with Crippen molar-refractivity contribution in [1.29, 1.82) is 0 Å². The lowest BCUT2D eigenvalue weighted by Gasteiger charge is -2.30. The lowest BCUT2D eigenvalue weighted by molar-refractivity contribution is 0.324. The maximum absolute atomic E-state index is 6.14. The second-order valence-corrected chi connectivity index (χ2v) is 7.17. The van der Waals surface area contributed by atoms with Crippen molar-refractivity contribution in [2.24, 2.45) is 5.92 Å². The molecule has 2 atom stereocenters. The first-order valence-corrected chi connectivity index (χ1v) is 9.76. The SMILES string of the molecule is COc1cc(NNc2ncc(NC3CCCCC3C)c(N)n2)cc(OC)c1OC. The molecule has 1 aromatic carbocycles. The highest BCUT2D eigenvalue weighted by atomic mass is 16.5. The molecule has 1 aromatic heterocycles. The van der Waals surface area contributed by atoms with E-state index in [0.29, 0.717) is 46.7 Å². The third-order valence-electron chi connectivity index (χ3n) is 5.25. The molecule has 2 aromatic rings. The number of ether oxygens (including phenoxy) is 3. The van der Waals surface area contributed by atoms with Gasteiger partial charge in [-0.3, -0.25) is 10.9 Å². The van der Waals surface area contributed by atoms with Crippen LogP contribution >= 0.6 is 0 Å². The monoisotopic (exact) mass is 402 g/mol. The molecule has 29 heavy (non-hydrogen) atoms. The molecule has 2 unspecified atom stereocenters. The van der Waals surface area contributed by atoms with Crippen LogP contribution in [0.25, 0.3) is 0 Å². The Balaban J connectivity index is 1.67. The van der Waals surface area contributed by atoms with Gasteiger partial charge in [0.25, 0.3) is 0 Å². The van der Waals surface area contributed by atoms with Gasteiger partial charge in [0.15, 0.2) is 17.3 Å². The number of nitrogens with one attached hydrogen (secondary N) is 3. The fourth-order valence-electron chi connectivity index (χ4n) is 3.58. The van der Waals surface area contributed by atoms with Gasteiger partial charge in [0.05, 0.1) is 38.9 Å². The molecule has 5 N–H and O–H groups in total. The number of hydrazine groups is 1. The number of rotatable bonds is 8. The van der Waals surface area contributed by atoms with Gasteiger partial charge >= 0.3 is 0 Å². The Bertz CT molecular complexity index is 807. The van der Waals surface area contributed by atoms with Crippen molar-refractivity contribution in [3.05, 3.63) is 18.3 Å². The van der Waals surface area contributed by atoms with Crippen LogP contribution in [-0.2, 0) is 0 Å². The molecule has 1 aliphatic rings. The van der Waals surface area contributed by atoms with Crippen molar-refractivity contribution < 1.29 is 14.2 Å². The van der Waals surface area contributed by atoms with E-state index < -0.39 is 0 Å². The van der Waals surface area contributed by atoms with Crippen molar-refractivity contribution in [1.82, 2.24) is 9.97 Å². The Morgan fingerprint density at radius 1 is 1.00 bits per heavy atom. The summed E-state index contributed by atoms with van der Waals surface area (Å²) in [7, 11) is 4.69. The maximum atomic E-state index is 6.14. The smallest absolute Gasteiger partial charge is 0.243 e. The number of nitrogen functional groups attached to an aromatic ring is 1. The Kier molecular flexibility index (Phi) is 6.69. The van der Waals surface area contributed by atoms with Crippen LogP contribution in [0.4, 0.5) is 23.1 Å². The minimum atomic E-state index is 0.360. The zero-order valence-electron chi connectivity index (χ0n) is 17.4. The predicted octanol–water partition coefficient (Wildman–Crippen LogP) is 3.51. The summed E-state index contributed by atoms with van der Waals surface area (Å²) >= 11 is 0. The minimum absolute atomic E-state index is 0.360. The summed E-state index contributed by atoms with van der Waals surface area (Å²) in [6.45, 7) is 2.27. The van der Waals surface area contributed by atoms with Crippen molar-refractivity contribution in [3.8, 4) is 17.2 Å². The number of hydrogen-bond donors (Lipinski definition) is 4. The molecule has 3 rings (SSSR count). The Morgan fingerprint density at radius 2 is 1.69 bits per heavy atom. The average Bonchev–Trinajstić information content (AvgIpc) is 2.74. The molecule has 0 spiro atoms. The van der Waals surface area contributed by atoms with Gasteiger partial charge in [-0.1, -0.05) is 19.8 Å². The van der Waals surface area contributed by atoms with Gasteiger partial charge in [0, 0.05) is 18.2 Å². The largest absolute Gasteiger partial charge is 0.493 e. The molecular formula is C20H30N6O3. The Labute approximate surface area is 171 Å². The number of nitrogens with two attached hydrogens (primary N) is 1. The van der Waals surface area contributed by atoms with Crippen LogP contribution in [0.2, 0.25) is 0 Å². The molecule has 9 heteroatoms. The van der Waals surface area contributed by atoms with Crippen molar-refractivity contribution in [3.63, 3.8) is 0 Å². The Morgan fingerprint density at radius 3 is 2.28 bits per heavy atom. The number of methoxy groups -OCH3 is 3. The lowest BCUT2D eigenvalue weighted by Crippen LogP contribution is -2.30. The number of aromatic nitrogens is 2. The molecule has 1 heterocycles. The molecule has 0 saturated heterocycles. The Hall–Kier alpha value is -3.10. The summed E-state index contributed by atoms with van der Waals surface area (Å²) in [6, 6.07) is 3.96. The van der Waals surface area contributed by atoms with Crippen molar-refractivity contribution in [2.75, 3.05) is 43.2 Å². The highest BCUT2D eigenvalue weighted by Crippen LogP contribution is 2.39. The molecule has 1 fully saturated rings. The molecule has 9 nitrogen and oxygen atoms in total. The van der Waals surface area contributed by atoms with Crippen LogP contribution in [0.15, 0.2) is 18.3 Å². The summed E-state index contributed by atoms with van der Waals surface area (Å²) in [6.07, 6.45) is 6.62. The molecular weight excluding hydrogens is 372 g/mol. The van der Waals surface area contributed by atoms with Crippen molar-refractivity contribution in [2.45, 2.75) is 38.6 Å². The van der Waals surface area contributed by atoms with Crippen LogP contribution in [0.5, 0.6) is 17.2 Å². The first-order chi connectivity index (χ1) is 14.0. The molecule has 0 amide bonds. The third kappa shape index (κ3) is 4.85. The standard InChI is InChI=1S/C20H30N6O3/c1-12-7-5-6-8-14(12)23-15-11-22-20(24-19(15)21)26-25-13-9-16(27-2)18(29-4)17(10-13)28-3/h9-12,14,23,25H,5-8H2,1-4H3,(H3,21,22,24,26). The van der Waals surface area contributed by atoms with E-state index >= 15 is 0 Å². The van der Waals surface area contributed by atoms with Crippen molar-refractivity contribution >= 4 is 23.1 Å². The van der Waals surface area contributed by atoms with E-state index in [-0.39, 0.29) is 0 Å². The summed E-state index contributed by atoms with van der Waals surface area (Å²) < 4.78 is 16.0. The normalized spacial score (nSPS) is 18.6. The lowest BCUT2D eigenvalue weighted by atomic mass is 9.86. The molecule has 1 aliphatic carbocycles. The minimum Gasteiger partial charge on any atom is -0.493 e. The average molecular weight is 402 g/mol. The molecule has 0 radical (unpaired) electrons. The highest BCUT2D eigenvalue weighted by molar-refractivity contribution is 5.65. The van der Waals surface area contributed by atoms with E-state index in [0.717, 1.165) is 12.1 Å². The highest BCUT2D eigenvalue weighted by Gasteiger charge is 2.22. The van der Waals surface area contributed by atoms with E-state index in [1.807, 2.05) is 0 Å². The summed E-state index contributed by atoms with van der Waals surface area (Å²) in [5.41, 5.74) is 13.6. The van der Waals surface area contributed by atoms with Gasteiger partial charge in [-0.25, -0.2) is 4.98 Å². The molecule has 0 bridgehead atoms. The zero-order chi connectivity index (χ0) is 20.8. The number of anilines is 4. The zero-order valence-corrected chi connectivity index (χ0v) is 17.4. The van der Waals surface area contributed by atoms with Gasteiger partial charge in [0.2, 0.25) is 11.7 Å². The van der Waals surface area contributed by atoms with Crippen LogP contribution in [-0.4, -0.2) is 37.3 Å². The molecule has 0 aliphatic heterocycles. The number of hydrogen-bond acceptors (Lipinski definition) is 9. The number of benzene rings is 1. The van der Waals surface area contributed by atoms with Gasteiger partial charge in [-0.2, -0.15) is 4.98 Å². The summed E-state index contributed by atoms with van der Waals surface area (Å²) in [5.74, 6) is 2.98. The van der Waals surface area contributed by atoms with Crippen LogP contribution < -0.4 is 36.1 Å². The van der Waals surface area contributed by atoms with E-state index in [4.69, 9.17) is 19.9 Å². The number of nitrogens with zero attached hydrogens (tertiary/aromatic N) is 2. The van der Waals surface area contributed by atoms with E-state index in [1.165, 1.54) is 19.3 Å². The fraction of sp³-hybridized carbons (Fsp3) is 0.500. The van der Waals surface area contributed by atoms with Gasteiger partial charge in [-0.05, 0) is 18.8 Å². The van der Waals surface area contributed by atoms with E-state index in [9.17, 15) is 0 Å². The van der Waals surface area contributed by atoms with Gasteiger partial charge < -0.3 is 25.3 Å². The fourth-order valence-corrected chi connectivity index (χ4v) is 3.58. The van der Waals surface area contributed by atoms with Gasteiger partial charge in [-0.15, -0.1) is 0 Å². The quantitative estimate of drug-likeness (QED) is 0.492. The second-order valence-electron chi connectivity index (χ2n) is 7.17. The van der Waals surface area contributed by atoms with E-state index in [2.05, 4.69) is 33.1 Å². The van der Waals surface area contributed by atoms with Gasteiger partial charge in [0.1, 0.15) is 0 Å². The molecule has 158 valence electrons. The van der Waals surface area contributed by atoms with Crippen LogP contribution in [0, 0.1) is 5.92 Å². The second kappa shape index (κ2) is 9.40. The maximum Gasteiger partial charge on any atom is 0.243 e. The molecule has 1 saturated carbocycles. The summed E-state index contributed by atoms with van der Waals surface area (Å²) in [5, 5.41) is 3.50. The predicted molar refractivity (Wildman–Crippen MR) is 115 cm³/mol. The summed E-state index contributed by atoms with van der Waals surface area (Å²) in [4.78, 5) is 8.69. The van der Waals surface area contributed by atoms with Crippen LogP contribution in [0.1, 0.15) is 32.6 Å². The first-order valence-electron chi connectivity index (χ1n) is 9.76. The third-order valence-corrected chi connectivity index (χ3v) is 5.25.